The number of nitro groups is 2. The van der Waals surface area contributed by atoms with E-state index in [9.17, 15) is 29.8 Å². The lowest BCUT2D eigenvalue weighted by Crippen LogP contribution is -2.40. The molecule has 3 amide bonds. The summed E-state index contributed by atoms with van der Waals surface area (Å²) in [5.74, 6) is -0.537. The van der Waals surface area contributed by atoms with Crippen LogP contribution in [0.2, 0.25) is 0 Å². The highest BCUT2D eigenvalue weighted by Crippen LogP contribution is 2.32. The van der Waals surface area contributed by atoms with E-state index in [0.29, 0.717) is 11.1 Å². The molecule has 2 aromatic rings. The molecule has 1 atom stereocenters. The van der Waals surface area contributed by atoms with Gasteiger partial charge in [-0.1, -0.05) is 11.3 Å². The number of nitrogens with zero attached hydrogens (tertiary/aromatic N) is 3. The van der Waals surface area contributed by atoms with Crippen LogP contribution >= 0.6 is 11.3 Å². The summed E-state index contributed by atoms with van der Waals surface area (Å²) in [6, 6.07) is 6.01. The molecule has 1 fully saturated rings. The van der Waals surface area contributed by atoms with Crippen LogP contribution < -0.4 is 5.32 Å². The second-order valence-corrected chi connectivity index (χ2v) is 6.69. The first-order valence-electron chi connectivity index (χ1n) is 7.33. The third-order valence-electron chi connectivity index (χ3n) is 4.09. The minimum atomic E-state index is -1.37. The van der Waals surface area contributed by atoms with Crippen LogP contribution in [-0.2, 0) is 16.9 Å². The van der Waals surface area contributed by atoms with Crippen molar-refractivity contribution in [3.63, 3.8) is 0 Å². The van der Waals surface area contributed by atoms with Crippen LogP contribution in [0.1, 0.15) is 18.1 Å². The van der Waals surface area contributed by atoms with Crippen molar-refractivity contribution in [1.29, 1.82) is 0 Å². The first-order chi connectivity index (χ1) is 12.2. The zero-order valence-electron chi connectivity index (χ0n) is 13.4. The Labute approximate surface area is 150 Å². The third kappa shape index (κ3) is 2.88. The van der Waals surface area contributed by atoms with Crippen LogP contribution in [0, 0.1) is 20.2 Å². The number of nitrogens with one attached hydrogen (secondary N) is 1. The van der Waals surface area contributed by atoms with E-state index in [1.165, 1.54) is 42.6 Å². The smallest absolute Gasteiger partial charge is 0.319 e. The van der Waals surface area contributed by atoms with E-state index in [1.54, 1.807) is 0 Å². The van der Waals surface area contributed by atoms with E-state index in [4.69, 9.17) is 0 Å². The van der Waals surface area contributed by atoms with Crippen LogP contribution in [-0.4, -0.2) is 26.7 Å². The Morgan fingerprint density at radius 1 is 1.15 bits per heavy atom. The van der Waals surface area contributed by atoms with Crippen molar-refractivity contribution in [3.8, 4) is 0 Å². The van der Waals surface area contributed by atoms with Gasteiger partial charge in [-0.15, -0.1) is 0 Å². The lowest BCUT2D eigenvalue weighted by atomic mass is 9.92. The van der Waals surface area contributed by atoms with Crippen LogP contribution in [0.5, 0.6) is 0 Å². The number of hydrogen-bond acceptors (Lipinski definition) is 7. The van der Waals surface area contributed by atoms with Gasteiger partial charge in [0.05, 0.1) is 16.4 Å². The summed E-state index contributed by atoms with van der Waals surface area (Å²) < 4.78 is 0. The number of urea groups is 1. The largest absolute Gasteiger partial charge is 0.325 e. The molecular weight excluding hydrogens is 364 g/mol. The number of nitro benzene ring substituents is 1. The molecule has 0 saturated carbocycles. The number of benzene rings is 1. The van der Waals surface area contributed by atoms with E-state index in [1.807, 2.05) is 0 Å². The molecule has 1 N–H and O–H groups in total. The minimum absolute atomic E-state index is 0.0785. The van der Waals surface area contributed by atoms with Crippen molar-refractivity contribution in [2.75, 3.05) is 0 Å². The van der Waals surface area contributed by atoms with Gasteiger partial charge in [-0.2, -0.15) is 0 Å². The summed E-state index contributed by atoms with van der Waals surface area (Å²) >= 11 is 0.911. The van der Waals surface area contributed by atoms with E-state index in [-0.39, 0.29) is 17.2 Å². The number of rotatable bonds is 5. The zero-order chi connectivity index (χ0) is 19.1. The van der Waals surface area contributed by atoms with Gasteiger partial charge in [0.1, 0.15) is 5.54 Å². The summed E-state index contributed by atoms with van der Waals surface area (Å²) in [5, 5.41) is 25.5. The molecule has 0 bridgehead atoms. The molecule has 1 unspecified atom stereocenters. The highest BCUT2D eigenvalue weighted by atomic mass is 32.1. The van der Waals surface area contributed by atoms with Crippen molar-refractivity contribution in [1.82, 2.24) is 10.2 Å². The van der Waals surface area contributed by atoms with Gasteiger partial charge in [-0.25, -0.2) is 4.79 Å². The van der Waals surface area contributed by atoms with Crippen molar-refractivity contribution in [3.05, 3.63) is 67.1 Å². The summed E-state index contributed by atoms with van der Waals surface area (Å²) in [6.07, 6.45) is 0. The van der Waals surface area contributed by atoms with Crippen LogP contribution in [0.3, 0.4) is 0 Å². The maximum atomic E-state index is 12.8. The Morgan fingerprint density at radius 3 is 2.35 bits per heavy atom. The normalized spacial score (nSPS) is 19.5. The number of amides is 3. The molecule has 1 aromatic carbocycles. The maximum Gasteiger partial charge on any atom is 0.325 e. The fourth-order valence-electron chi connectivity index (χ4n) is 2.68. The Kier molecular flexibility index (Phi) is 4.16. The average Bonchev–Trinajstić information content (AvgIpc) is 3.15. The fraction of sp³-hybridized carbons (Fsp3) is 0.200. The third-order valence-corrected chi connectivity index (χ3v) is 5.02. The SMILES string of the molecule is CC1(c2ccc([N+](=O)[O-])cc2)NC(=O)N(Cc2csc([N+](=O)[O-])c2)C1=O. The number of non-ortho nitro benzene ring substituents is 1. The number of carbonyl (C=O) groups excluding carboxylic acids is 2. The maximum absolute atomic E-state index is 12.8. The van der Waals surface area contributed by atoms with Gasteiger partial charge in [-0.05, 0) is 30.2 Å². The second kappa shape index (κ2) is 6.19. The summed E-state index contributed by atoms with van der Waals surface area (Å²) in [4.78, 5) is 46.4. The first-order valence-corrected chi connectivity index (χ1v) is 8.21. The summed E-state index contributed by atoms with van der Waals surface area (Å²) in [5.41, 5.74) is -0.622. The number of imide groups is 1. The second-order valence-electron chi connectivity index (χ2n) is 5.80. The molecular formula is C15H12N4O6S. The van der Waals surface area contributed by atoms with Crippen LogP contribution in [0.4, 0.5) is 15.5 Å². The zero-order valence-corrected chi connectivity index (χ0v) is 14.2. The van der Waals surface area contributed by atoms with Gasteiger partial charge in [-0.3, -0.25) is 29.9 Å². The number of hydrogen-bond donors (Lipinski definition) is 1. The van der Waals surface area contributed by atoms with Gasteiger partial charge in [0.2, 0.25) is 0 Å². The lowest BCUT2D eigenvalue weighted by molar-refractivity contribution is -0.384. The van der Waals surface area contributed by atoms with Gasteiger partial charge < -0.3 is 5.32 Å². The number of thiophene rings is 1. The Bertz CT molecular complexity index is 924. The quantitative estimate of drug-likeness (QED) is 0.484. The molecule has 1 aliphatic heterocycles. The van der Waals surface area contributed by atoms with E-state index in [2.05, 4.69) is 5.32 Å². The molecule has 10 nitrogen and oxygen atoms in total. The molecule has 1 saturated heterocycles. The molecule has 134 valence electrons. The van der Waals surface area contributed by atoms with Crippen molar-refractivity contribution in [2.24, 2.45) is 0 Å². The fourth-order valence-corrected chi connectivity index (χ4v) is 3.40. The highest BCUT2D eigenvalue weighted by molar-refractivity contribution is 7.13. The Balaban J connectivity index is 1.84. The average molecular weight is 376 g/mol. The highest BCUT2D eigenvalue weighted by Gasteiger charge is 2.49. The molecule has 26 heavy (non-hydrogen) atoms. The first kappa shape index (κ1) is 17.5. The molecule has 3 rings (SSSR count). The van der Waals surface area contributed by atoms with E-state index in [0.717, 1.165) is 16.2 Å². The van der Waals surface area contributed by atoms with Gasteiger partial charge in [0, 0.05) is 23.6 Å². The predicted molar refractivity (Wildman–Crippen MR) is 90.5 cm³/mol. The standard InChI is InChI=1S/C15H12N4O6S/c1-15(10-2-4-11(5-3-10)18(22)23)13(20)17(14(21)16-15)7-9-6-12(19(24)25)26-8-9/h2-6,8H,7H2,1H3,(H,16,21). The molecule has 2 heterocycles. The monoisotopic (exact) mass is 376 g/mol. The summed E-state index contributed by atoms with van der Waals surface area (Å²) in [6.45, 7) is 1.40. The van der Waals surface area contributed by atoms with E-state index < -0.39 is 27.3 Å². The minimum Gasteiger partial charge on any atom is -0.319 e. The van der Waals surface area contributed by atoms with Crippen molar-refractivity contribution >= 4 is 34.0 Å². The van der Waals surface area contributed by atoms with E-state index >= 15 is 0 Å². The van der Waals surface area contributed by atoms with Gasteiger partial charge >= 0.3 is 11.0 Å². The van der Waals surface area contributed by atoms with Crippen LogP contribution in [0.15, 0.2) is 35.7 Å². The van der Waals surface area contributed by atoms with Crippen molar-refractivity contribution < 1.29 is 19.4 Å². The predicted octanol–water partition coefficient (Wildman–Crippen LogP) is 2.53. The van der Waals surface area contributed by atoms with Crippen LogP contribution in [0.25, 0.3) is 0 Å². The molecule has 1 aromatic heterocycles. The lowest BCUT2D eigenvalue weighted by Gasteiger charge is -2.22. The topological polar surface area (TPSA) is 136 Å². The Hall–Kier alpha value is -3.34. The molecule has 1 aliphatic rings. The van der Waals surface area contributed by atoms with Gasteiger partial charge in [0.25, 0.3) is 11.6 Å². The Morgan fingerprint density at radius 2 is 1.81 bits per heavy atom. The van der Waals surface area contributed by atoms with Gasteiger partial charge in [0.15, 0.2) is 0 Å². The molecule has 11 heteroatoms. The van der Waals surface area contributed by atoms with Crippen molar-refractivity contribution in [2.45, 2.75) is 19.0 Å². The summed E-state index contributed by atoms with van der Waals surface area (Å²) in [7, 11) is 0. The molecule has 0 radical (unpaired) electrons. The number of carbonyl (C=O) groups is 2. The molecule has 0 spiro atoms. The molecule has 0 aliphatic carbocycles.